The molecule has 2 rings (SSSR count). The minimum Gasteiger partial charge on any atom is -0.487 e. The molecule has 0 spiro atoms. The van der Waals surface area contributed by atoms with Gasteiger partial charge in [-0.25, -0.2) is 9.18 Å². The predicted octanol–water partition coefficient (Wildman–Crippen LogP) is 6.87. The number of nitrogens with one attached hydrogen (secondary N) is 2. The molecule has 38 heavy (non-hydrogen) atoms. The molecule has 210 valence electrons. The Kier molecular flexibility index (Phi) is 10.4. The lowest BCUT2D eigenvalue weighted by atomic mass is 10.0. The van der Waals surface area contributed by atoms with Crippen molar-refractivity contribution in [1.29, 1.82) is 0 Å². The van der Waals surface area contributed by atoms with E-state index in [9.17, 15) is 27.9 Å². The van der Waals surface area contributed by atoms with E-state index in [-0.39, 0.29) is 40.5 Å². The number of halogens is 5. The molecular formula is C25H31BrF4N2O5Si. The highest BCUT2D eigenvalue weighted by Crippen LogP contribution is 2.39. The van der Waals surface area contributed by atoms with Gasteiger partial charge in [0.05, 0.1) is 12.6 Å². The number of benzene rings is 2. The number of amides is 2. The first-order valence-corrected chi connectivity index (χ1v) is 15.3. The molecule has 7 nitrogen and oxygen atoms in total. The van der Waals surface area contributed by atoms with Crippen LogP contribution in [-0.4, -0.2) is 44.2 Å². The molecule has 0 bridgehead atoms. The van der Waals surface area contributed by atoms with E-state index in [0.717, 1.165) is 0 Å². The number of carboxylic acid groups (broad SMARTS) is 1. The number of alkyl halides is 3. The second-order valence-electron chi connectivity index (χ2n) is 10.2. The van der Waals surface area contributed by atoms with Gasteiger partial charge in [-0.1, -0.05) is 67.0 Å². The van der Waals surface area contributed by atoms with Crippen molar-refractivity contribution >= 4 is 41.9 Å². The first kappa shape index (κ1) is 31.6. The molecule has 0 saturated carbocycles. The molecule has 0 fully saturated rings. The Balaban J connectivity index is 2.44. The lowest BCUT2D eigenvalue weighted by Gasteiger charge is -2.37. The van der Waals surface area contributed by atoms with Gasteiger partial charge in [0.25, 0.3) is 0 Å². The third-order valence-corrected chi connectivity index (χ3v) is 11.4. The average molecular weight is 624 g/mol. The van der Waals surface area contributed by atoms with Crippen LogP contribution in [0.4, 0.5) is 28.0 Å². The fraction of sp³-hybridized carbons (Fsp3) is 0.440. The first-order valence-electron chi connectivity index (χ1n) is 11.6. The average Bonchev–Trinajstić information content (AvgIpc) is 2.79. The van der Waals surface area contributed by atoms with E-state index >= 15 is 4.39 Å². The van der Waals surface area contributed by atoms with Crippen molar-refractivity contribution in [3.63, 3.8) is 0 Å². The molecule has 2 amide bonds. The Bertz CT molecular complexity index is 1140. The Labute approximate surface area is 228 Å². The standard InChI is InChI=1S/C25H31BrF4N2O5Si/c1-24(2,3)38(4,5)37-14-16(31-23(34)35)11-17-18(26)12-19(36-13-15-9-7-6-8-10-15)21(20(17)27)32-22(33)25(28,29)30/h6-10,12,16,31H,11,13-14H2,1-5H3,(H,32,33)(H,34,35)/t16-/m0/s1. The van der Waals surface area contributed by atoms with Crippen molar-refractivity contribution in [3.8, 4) is 5.75 Å². The molecule has 0 saturated heterocycles. The fourth-order valence-electron chi connectivity index (χ4n) is 3.07. The summed E-state index contributed by atoms with van der Waals surface area (Å²) in [6, 6.07) is 8.93. The monoisotopic (exact) mass is 622 g/mol. The summed E-state index contributed by atoms with van der Waals surface area (Å²) in [7, 11) is -2.31. The van der Waals surface area contributed by atoms with Gasteiger partial charge in [-0.2, -0.15) is 13.2 Å². The van der Waals surface area contributed by atoms with E-state index in [0.29, 0.717) is 5.56 Å². The second-order valence-corrected chi connectivity index (χ2v) is 15.8. The van der Waals surface area contributed by atoms with Crippen molar-refractivity contribution in [2.45, 2.75) is 64.1 Å². The fourth-order valence-corrected chi connectivity index (χ4v) is 4.67. The van der Waals surface area contributed by atoms with Crippen LogP contribution in [0, 0.1) is 5.82 Å². The van der Waals surface area contributed by atoms with Crippen LogP contribution in [0.3, 0.4) is 0 Å². The zero-order valence-corrected chi connectivity index (χ0v) is 24.2. The van der Waals surface area contributed by atoms with E-state index in [2.05, 4.69) is 21.2 Å². The zero-order valence-electron chi connectivity index (χ0n) is 21.6. The summed E-state index contributed by atoms with van der Waals surface area (Å²) in [5.74, 6) is -3.90. The van der Waals surface area contributed by atoms with Crippen LogP contribution in [-0.2, 0) is 22.2 Å². The third-order valence-electron chi connectivity index (χ3n) is 6.24. The van der Waals surface area contributed by atoms with E-state index < -0.39 is 44.0 Å². The van der Waals surface area contributed by atoms with Gasteiger partial charge in [0.2, 0.25) is 0 Å². The molecular weight excluding hydrogens is 592 g/mol. The normalized spacial score (nSPS) is 13.1. The highest BCUT2D eigenvalue weighted by atomic mass is 79.9. The van der Waals surface area contributed by atoms with E-state index in [1.807, 2.05) is 33.9 Å². The van der Waals surface area contributed by atoms with Gasteiger partial charge < -0.3 is 24.9 Å². The lowest BCUT2D eigenvalue weighted by Crippen LogP contribution is -2.46. The molecule has 0 aliphatic rings. The Morgan fingerprint density at radius 1 is 1.13 bits per heavy atom. The van der Waals surface area contributed by atoms with Gasteiger partial charge in [-0.05, 0) is 36.2 Å². The number of anilines is 1. The third kappa shape index (κ3) is 8.70. The van der Waals surface area contributed by atoms with Gasteiger partial charge in [0.1, 0.15) is 18.0 Å². The predicted molar refractivity (Wildman–Crippen MR) is 141 cm³/mol. The molecule has 0 aliphatic carbocycles. The van der Waals surface area contributed by atoms with Crippen molar-refractivity contribution < 1.29 is 41.4 Å². The molecule has 1 atom stereocenters. The van der Waals surface area contributed by atoms with E-state index in [1.165, 1.54) is 6.07 Å². The van der Waals surface area contributed by atoms with Crippen LogP contribution in [0.5, 0.6) is 5.75 Å². The Morgan fingerprint density at radius 2 is 1.74 bits per heavy atom. The number of ether oxygens (including phenoxy) is 1. The minimum atomic E-state index is -5.28. The molecule has 3 N–H and O–H groups in total. The minimum absolute atomic E-state index is 0.0921. The van der Waals surface area contributed by atoms with Crippen molar-refractivity contribution in [2.24, 2.45) is 0 Å². The van der Waals surface area contributed by atoms with E-state index in [4.69, 9.17) is 9.16 Å². The van der Waals surface area contributed by atoms with Gasteiger partial charge in [-0.15, -0.1) is 0 Å². The highest BCUT2D eigenvalue weighted by molar-refractivity contribution is 9.10. The Hall–Kier alpha value is -2.64. The van der Waals surface area contributed by atoms with Crippen molar-refractivity contribution in [2.75, 3.05) is 11.9 Å². The molecule has 13 heteroatoms. The van der Waals surface area contributed by atoms with Crippen molar-refractivity contribution in [1.82, 2.24) is 5.32 Å². The highest BCUT2D eigenvalue weighted by Gasteiger charge is 2.40. The summed E-state index contributed by atoms with van der Waals surface area (Å²) < 4.78 is 66.6. The number of rotatable bonds is 10. The largest absolute Gasteiger partial charge is 0.487 e. The summed E-state index contributed by atoms with van der Waals surface area (Å²) in [6.45, 7) is 9.72. The molecule has 0 aromatic heterocycles. The van der Waals surface area contributed by atoms with Gasteiger partial charge >= 0.3 is 18.2 Å². The van der Waals surface area contributed by atoms with E-state index in [1.54, 1.807) is 35.6 Å². The molecule has 0 heterocycles. The maximum absolute atomic E-state index is 15.7. The van der Waals surface area contributed by atoms with Gasteiger partial charge in [0, 0.05) is 10.0 Å². The molecule has 2 aromatic carbocycles. The topological polar surface area (TPSA) is 96.9 Å². The quantitative estimate of drug-likeness (QED) is 0.198. The Morgan fingerprint density at radius 3 is 2.26 bits per heavy atom. The SMILES string of the molecule is CC(C)(C)[Si](C)(C)OC[C@H](Cc1c(Br)cc(OCc2ccccc2)c(NC(=O)C(F)(F)F)c1F)NC(=O)O. The number of carbonyl (C=O) groups is 2. The molecule has 0 unspecified atom stereocenters. The molecule has 2 aromatic rings. The molecule has 0 aliphatic heterocycles. The first-order chi connectivity index (χ1) is 17.4. The lowest BCUT2D eigenvalue weighted by molar-refractivity contribution is -0.167. The summed E-state index contributed by atoms with van der Waals surface area (Å²) in [5, 5.41) is 13.0. The van der Waals surface area contributed by atoms with Crippen LogP contribution in [0.1, 0.15) is 31.9 Å². The van der Waals surface area contributed by atoms with Crippen LogP contribution in [0.25, 0.3) is 0 Å². The van der Waals surface area contributed by atoms with Crippen LogP contribution >= 0.6 is 15.9 Å². The number of carbonyl (C=O) groups excluding carboxylic acids is 1. The van der Waals surface area contributed by atoms with Crippen LogP contribution in [0.2, 0.25) is 18.1 Å². The number of hydrogen-bond donors (Lipinski definition) is 3. The maximum Gasteiger partial charge on any atom is 0.471 e. The van der Waals surface area contributed by atoms with Gasteiger partial charge in [-0.3, -0.25) is 4.79 Å². The zero-order chi connectivity index (χ0) is 28.9. The van der Waals surface area contributed by atoms with Gasteiger partial charge in [0.15, 0.2) is 14.1 Å². The van der Waals surface area contributed by atoms with Crippen molar-refractivity contribution in [3.05, 3.63) is 57.8 Å². The summed E-state index contributed by atoms with van der Waals surface area (Å²) in [5.41, 5.74) is -0.303. The summed E-state index contributed by atoms with van der Waals surface area (Å²) in [4.78, 5) is 23.1. The smallest absolute Gasteiger partial charge is 0.471 e. The maximum atomic E-state index is 15.7. The summed E-state index contributed by atoms with van der Waals surface area (Å²) >= 11 is 3.22. The summed E-state index contributed by atoms with van der Waals surface area (Å²) in [6.07, 6.45) is -6.93. The second kappa shape index (κ2) is 12.5. The molecule has 0 radical (unpaired) electrons. The van der Waals surface area contributed by atoms with Crippen LogP contribution < -0.4 is 15.4 Å². The number of hydrogen-bond acceptors (Lipinski definition) is 4. The van der Waals surface area contributed by atoms with Crippen LogP contribution in [0.15, 0.2) is 40.9 Å².